The summed E-state index contributed by atoms with van der Waals surface area (Å²) in [4.78, 5) is 9.86. The second kappa shape index (κ2) is 6.88. The van der Waals surface area contributed by atoms with Crippen LogP contribution in [-0.2, 0) is 14.6 Å². The van der Waals surface area contributed by atoms with E-state index in [1.54, 1.807) is 0 Å². The van der Waals surface area contributed by atoms with Crippen molar-refractivity contribution in [1.29, 1.82) is 0 Å². The van der Waals surface area contributed by atoms with Crippen LogP contribution in [0.2, 0.25) is 0 Å². The molecule has 0 unspecified atom stereocenters. The van der Waals surface area contributed by atoms with Crippen LogP contribution >= 0.6 is 0 Å². The molecule has 0 aromatic rings. The number of carboxylic acids is 1. The van der Waals surface area contributed by atoms with Crippen molar-refractivity contribution in [2.45, 2.75) is 19.3 Å². The van der Waals surface area contributed by atoms with E-state index < -0.39 is 15.8 Å². The summed E-state index contributed by atoms with van der Waals surface area (Å²) in [7, 11) is -2.94. The third-order valence-corrected chi connectivity index (χ3v) is 2.18. The summed E-state index contributed by atoms with van der Waals surface area (Å²) in [6.07, 6.45) is 1.84. The van der Waals surface area contributed by atoms with Gasteiger partial charge in [-0.15, -0.1) is 0 Å². The Labute approximate surface area is 94.6 Å². The van der Waals surface area contributed by atoms with E-state index in [2.05, 4.69) is 0 Å². The monoisotopic (exact) mass is 202 g/mol. The maximum Gasteiger partial charge on any atom is 1.00 e. The van der Waals surface area contributed by atoms with E-state index in [1.165, 1.54) is 0 Å². The van der Waals surface area contributed by atoms with Crippen LogP contribution in [0.5, 0.6) is 0 Å². The summed E-state index contributed by atoms with van der Waals surface area (Å²) in [6, 6.07) is 0. The van der Waals surface area contributed by atoms with Gasteiger partial charge < -0.3 is 9.90 Å². The number of carbonyl (C=O) groups is 1. The molecule has 4 nitrogen and oxygen atoms in total. The van der Waals surface area contributed by atoms with E-state index in [-0.39, 0.29) is 41.7 Å². The fraction of sp³-hybridized carbons (Fsp3) is 0.833. The number of unbranched alkanes of at least 4 members (excludes halogenated alkanes) is 1. The minimum Gasteiger partial charge on any atom is -0.550 e. The molecule has 0 atom stereocenters. The number of hydrogen-bond acceptors (Lipinski definition) is 4. The zero-order valence-corrected chi connectivity index (χ0v) is 10.2. The fourth-order valence-corrected chi connectivity index (χ4v) is 1.36. The summed E-state index contributed by atoms with van der Waals surface area (Å²) in [5.41, 5.74) is 0. The smallest absolute Gasteiger partial charge is 0.550 e. The minimum absolute atomic E-state index is 0. The minimum atomic E-state index is -2.94. The van der Waals surface area contributed by atoms with Gasteiger partial charge in [0.05, 0.1) is 0 Å². The Hall–Kier alpha value is 0.420. The van der Waals surface area contributed by atoms with Gasteiger partial charge in [0.15, 0.2) is 0 Å². The Morgan fingerprint density at radius 2 is 1.83 bits per heavy atom. The van der Waals surface area contributed by atoms with Crippen molar-refractivity contribution in [2.75, 3.05) is 12.0 Å². The molecule has 0 aliphatic carbocycles. The number of aliphatic carboxylic acids is 1. The van der Waals surface area contributed by atoms with Gasteiger partial charge in [-0.1, -0.05) is 0 Å². The summed E-state index contributed by atoms with van der Waals surface area (Å²) in [5, 5.41) is 9.86. The van der Waals surface area contributed by atoms with E-state index in [0.717, 1.165) is 6.26 Å². The first kappa shape index (κ1) is 14.9. The molecule has 0 N–H and O–H groups in total. The van der Waals surface area contributed by atoms with Crippen molar-refractivity contribution < 1.29 is 47.9 Å². The molecule has 6 heteroatoms. The number of sulfone groups is 1. The third kappa shape index (κ3) is 13.0. The molecule has 0 aliphatic heterocycles. The van der Waals surface area contributed by atoms with Crippen LogP contribution in [0, 0.1) is 0 Å². The zero-order chi connectivity index (χ0) is 8.91. The van der Waals surface area contributed by atoms with Gasteiger partial charge in [-0.05, 0) is 19.3 Å². The van der Waals surface area contributed by atoms with Crippen LogP contribution in [0.15, 0.2) is 0 Å². The van der Waals surface area contributed by atoms with Gasteiger partial charge in [-0.2, -0.15) is 0 Å². The van der Waals surface area contributed by atoms with Crippen molar-refractivity contribution in [1.82, 2.24) is 0 Å². The van der Waals surface area contributed by atoms with Crippen molar-refractivity contribution >= 4 is 15.8 Å². The molecular weight excluding hydrogens is 191 g/mol. The van der Waals surface area contributed by atoms with Crippen LogP contribution < -0.4 is 34.7 Å². The third-order valence-electron chi connectivity index (χ3n) is 1.15. The predicted octanol–water partition coefficient (Wildman–Crippen LogP) is -4.04. The molecule has 0 radical (unpaired) electrons. The first-order valence-corrected chi connectivity index (χ1v) is 5.35. The van der Waals surface area contributed by atoms with Crippen molar-refractivity contribution in [2.24, 2.45) is 0 Å². The van der Waals surface area contributed by atoms with E-state index >= 15 is 0 Å². The molecule has 0 fully saturated rings. The Bertz CT molecular complexity index is 222. The number of carbonyl (C=O) groups excluding carboxylic acids is 1. The number of carboxylic acid groups (broad SMARTS) is 1. The largest absolute Gasteiger partial charge is 1.00 e. The van der Waals surface area contributed by atoms with Gasteiger partial charge in [0, 0.05) is 18.0 Å². The maximum absolute atomic E-state index is 10.5. The molecule has 0 aromatic heterocycles. The van der Waals surface area contributed by atoms with Gasteiger partial charge in [0.2, 0.25) is 0 Å². The standard InChI is InChI=1S/C6H12O4S.Na/c1-11(9,10)5-3-2-4-6(7)8;/h2-5H2,1H3,(H,7,8);/q;+1/p-1. The van der Waals surface area contributed by atoms with Crippen LogP contribution in [0.25, 0.3) is 0 Å². The Morgan fingerprint density at radius 3 is 2.17 bits per heavy atom. The molecule has 0 saturated heterocycles. The molecule has 0 rings (SSSR count). The molecule has 12 heavy (non-hydrogen) atoms. The number of hydrogen-bond donors (Lipinski definition) is 0. The molecule has 66 valence electrons. The number of rotatable bonds is 5. The van der Waals surface area contributed by atoms with Gasteiger partial charge >= 0.3 is 29.6 Å². The quantitative estimate of drug-likeness (QED) is 0.336. The van der Waals surface area contributed by atoms with Crippen LogP contribution in [0.4, 0.5) is 0 Å². The van der Waals surface area contributed by atoms with Gasteiger partial charge in [0.25, 0.3) is 0 Å². The SMILES string of the molecule is CS(=O)(=O)CCCCC(=O)[O-].[Na+]. The average molecular weight is 202 g/mol. The van der Waals surface area contributed by atoms with Crippen LogP contribution in [0.1, 0.15) is 19.3 Å². The van der Waals surface area contributed by atoms with Gasteiger partial charge in [0.1, 0.15) is 9.84 Å². The maximum atomic E-state index is 10.5. The van der Waals surface area contributed by atoms with E-state index in [9.17, 15) is 18.3 Å². The van der Waals surface area contributed by atoms with Crippen molar-refractivity contribution in [3.05, 3.63) is 0 Å². The molecule has 0 bridgehead atoms. The zero-order valence-electron chi connectivity index (χ0n) is 7.37. The summed E-state index contributed by atoms with van der Waals surface area (Å²) >= 11 is 0. The Morgan fingerprint density at radius 1 is 1.33 bits per heavy atom. The molecule has 0 spiro atoms. The predicted molar refractivity (Wildman–Crippen MR) is 38.6 cm³/mol. The molecule has 0 saturated carbocycles. The second-order valence-electron chi connectivity index (χ2n) is 2.46. The van der Waals surface area contributed by atoms with Gasteiger partial charge in [-0.25, -0.2) is 8.42 Å². The topological polar surface area (TPSA) is 74.3 Å². The van der Waals surface area contributed by atoms with Crippen molar-refractivity contribution in [3.8, 4) is 0 Å². The normalized spacial score (nSPS) is 10.4. The molecule has 0 aliphatic rings. The molecule has 0 amide bonds. The average Bonchev–Trinajstić information content (AvgIpc) is 1.78. The van der Waals surface area contributed by atoms with Gasteiger partial charge in [-0.3, -0.25) is 0 Å². The van der Waals surface area contributed by atoms with E-state index in [0.29, 0.717) is 12.8 Å². The summed E-state index contributed by atoms with van der Waals surface area (Å²) < 4.78 is 21.0. The van der Waals surface area contributed by atoms with Crippen LogP contribution in [-0.4, -0.2) is 26.4 Å². The van der Waals surface area contributed by atoms with Crippen LogP contribution in [0.3, 0.4) is 0 Å². The Balaban J connectivity index is 0. The Kier molecular flexibility index (Phi) is 8.56. The van der Waals surface area contributed by atoms with E-state index in [4.69, 9.17) is 0 Å². The fourth-order valence-electron chi connectivity index (χ4n) is 0.634. The first-order valence-electron chi connectivity index (χ1n) is 3.29. The summed E-state index contributed by atoms with van der Waals surface area (Å²) in [6.45, 7) is 0. The first-order chi connectivity index (χ1) is 4.92. The second-order valence-corrected chi connectivity index (χ2v) is 4.72. The summed E-state index contributed by atoms with van der Waals surface area (Å²) in [5.74, 6) is -1.07. The molecule has 0 aromatic carbocycles. The molecular formula is C6H11NaO4S. The van der Waals surface area contributed by atoms with E-state index in [1.807, 2.05) is 0 Å². The van der Waals surface area contributed by atoms with Crippen molar-refractivity contribution in [3.63, 3.8) is 0 Å². The molecule has 0 heterocycles.